The van der Waals surface area contributed by atoms with Gasteiger partial charge in [-0.1, -0.05) is 11.8 Å². The van der Waals surface area contributed by atoms with Crippen molar-refractivity contribution in [3.63, 3.8) is 0 Å². The number of nitrogens with zero attached hydrogens (tertiary/aromatic N) is 5. The van der Waals surface area contributed by atoms with Gasteiger partial charge in [-0.05, 0) is 19.9 Å². The lowest BCUT2D eigenvalue weighted by Gasteiger charge is -2.05. The molecule has 3 heterocycles. The van der Waals surface area contributed by atoms with Gasteiger partial charge in [-0.15, -0.1) is 11.3 Å². The minimum atomic E-state index is -0.115. The van der Waals surface area contributed by atoms with E-state index in [9.17, 15) is 4.79 Å². The number of aromatic nitrogens is 5. The SMILES string of the molecule is Cc1cc(C)n(-c2cc(SCC(=O)Nc3nccs3)ncn2)n1. The molecular weight excluding hydrogens is 332 g/mol. The smallest absolute Gasteiger partial charge is 0.236 e. The van der Waals surface area contributed by atoms with Crippen LogP contribution in [0.2, 0.25) is 0 Å². The lowest BCUT2D eigenvalue weighted by molar-refractivity contribution is -0.113. The van der Waals surface area contributed by atoms with Gasteiger partial charge in [-0.2, -0.15) is 5.10 Å². The van der Waals surface area contributed by atoms with E-state index < -0.39 is 0 Å². The highest BCUT2D eigenvalue weighted by Crippen LogP contribution is 2.19. The molecule has 0 fully saturated rings. The Morgan fingerprint density at radius 3 is 2.87 bits per heavy atom. The molecule has 3 aromatic rings. The van der Waals surface area contributed by atoms with Crippen LogP contribution in [-0.2, 0) is 4.79 Å². The predicted molar refractivity (Wildman–Crippen MR) is 90.1 cm³/mol. The lowest BCUT2D eigenvalue weighted by atomic mass is 10.4. The molecule has 0 aliphatic heterocycles. The Labute approximate surface area is 141 Å². The van der Waals surface area contributed by atoms with Crippen molar-refractivity contribution in [1.29, 1.82) is 0 Å². The summed E-state index contributed by atoms with van der Waals surface area (Å²) in [5, 5.41) is 10.3. The third-order valence-electron chi connectivity index (χ3n) is 2.88. The summed E-state index contributed by atoms with van der Waals surface area (Å²) in [6.45, 7) is 3.90. The molecule has 3 aromatic heterocycles. The molecule has 0 spiro atoms. The van der Waals surface area contributed by atoms with E-state index in [2.05, 4.69) is 25.4 Å². The fourth-order valence-electron chi connectivity index (χ4n) is 1.97. The highest BCUT2D eigenvalue weighted by molar-refractivity contribution is 7.99. The summed E-state index contributed by atoms with van der Waals surface area (Å²) in [6, 6.07) is 3.80. The molecule has 0 radical (unpaired) electrons. The first kappa shape index (κ1) is 15.6. The van der Waals surface area contributed by atoms with E-state index >= 15 is 0 Å². The summed E-state index contributed by atoms with van der Waals surface area (Å²) in [5.74, 6) is 0.831. The quantitative estimate of drug-likeness (QED) is 0.564. The molecule has 0 bridgehead atoms. The Kier molecular flexibility index (Phi) is 4.68. The molecule has 0 aliphatic rings. The topological polar surface area (TPSA) is 85.6 Å². The number of anilines is 1. The average Bonchev–Trinajstić information content (AvgIpc) is 3.15. The van der Waals surface area contributed by atoms with Gasteiger partial charge in [0.2, 0.25) is 5.91 Å². The minimum absolute atomic E-state index is 0.115. The summed E-state index contributed by atoms with van der Waals surface area (Å²) in [5.41, 5.74) is 1.93. The maximum absolute atomic E-state index is 11.9. The molecule has 0 unspecified atom stereocenters. The lowest BCUT2D eigenvalue weighted by Crippen LogP contribution is -2.14. The molecule has 23 heavy (non-hydrogen) atoms. The third-order valence-corrected chi connectivity index (χ3v) is 4.50. The summed E-state index contributed by atoms with van der Waals surface area (Å²) in [6.07, 6.45) is 3.13. The molecule has 0 saturated heterocycles. The summed E-state index contributed by atoms with van der Waals surface area (Å²) >= 11 is 2.73. The van der Waals surface area contributed by atoms with Crippen molar-refractivity contribution in [3.8, 4) is 5.82 Å². The van der Waals surface area contributed by atoms with E-state index in [0.29, 0.717) is 10.9 Å². The molecule has 0 atom stereocenters. The van der Waals surface area contributed by atoms with E-state index in [1.165, 1.54) is 29.4 Å². The molecule has 3 rings (SSSR count). The number of thioether (sulfide) groups is 1. The summed E-state index contributed by atoms with van der Waals surface area (Å²) < 4.78 is 1.76. The van der Waals surface area contributed by atoms with Crippen LogP contribution < -0.4 is 5.32 Å². The standard InChI is InChI=1S/C14H14N6OS2/c1-9-5-10(2)20(19-9)11-6-13(17-8-16-11)23-7-12(21)18-14-15-3-4-22-14/h3-6,8H,7H2,1-2H3,(H,15,18,21). The van der Waals surface area contributed by atoms with Gasteiger partial charge in [0.05, 0.1) is 11.4 Å². The number of hydrogen-bond donors (Lipinski definition) is 1. The van der Waals surface area contributed by atoms with Gasteiger partial charge in [-0.3, -0.25) is 4.79 Å². The van der Waals surface area contributed by atoms with Crippen molar-refractivity contribution < 1.29 is 4.79 Å². The van der Waals surface area contributed by atoms with Gasteiger partial charge in [0.25, 0.3) is 0 Å². The van der Waals surface area contributed by atoms with Crippen molar-refractivity contribution in [2.75, 3.05) is 11.1 Å². The van der Waals surface area contributed by atoms with Crippen LogP contribution in [-0.4, -0.2) is 36.4 Å². The zero-order valence-corrected chi connectivity index (χ0v) is 14.2. The van der Waals surface area contributed by atoms with Crippen molar-refractivity contribution >= 4 is 34.1 Å². The van der Waals surface area contributed by atoms with Gasteiger partial charge in [-0.25, -0.2) is 19.6 Å². The first-order chi connectivity index (χ1) is 11.1. The van der Waals surface area contributed by atoms with Crippen LogP contribution in [0, 0.1) is 13.8 Å². The number of amides is 1. The summed E-state index contributed by atoms with van der Waals surface area (Å²) in [7, 11) is 0. The fourth-order valence-corrected chi connectivity index (χ4v) is 3.17. The zero-order valence-electron chi connectivity index (χ0n) is 12.6. The Balaban J connectivity index is 1.66. The van der Waals surface area contributed by atoms with Crippen molar-refractivity contribution in [3.05, 3.63) is 41.4 Å². The van der Waals surface area contributed by atoms with Crippen LogP contribution in [0.1, 0.15) is 11.4 Å². The van der Waals surface area contributed by atoms with E-state index in [-0.39, 0.29) is 11.7 Å². The number of nitrogens with one attached hydrogen (secondary N) is 1. The Bertz CT molecular complexity index is 815. The van der Waals surface area contributed by atoms with Crippen LogP contribution in [0.5, 0.6) is 0 Å². The van der Waals surface area contributed by atoms with Gasteiger partial charge < -0.3 is 5.32 Å². The van der Waals surface area contributed by atoms with E-state index in [4.69, 9.17) is 0 Å². The Morgan fingerprint density at radius 1 is 1.30 bits per heavy atom. The number of carbonyl (C=O) groups excluding carboxylic acids is 1. The van der Waals surface area contributed by atoms with Crippen LogP contribution in [0.15, 0.2) is 35.1 Å². The Hall–Kier alpha value is -2.26. The first-order valence-corrected chi connectivity index (χ1v) is 8.66. The number of rotatable bonds is 5. The van der Waals surface area contributed by atoms with Crippen LogP contribution in [0.25, 0.3) is 5.82 Å². The van der Waals surface area contributed by atoms with Crippen molar-refractivity contribution in [2.45, 2.75) is 18.9 Å². The number of thiazole rings is 1. The minimum Gasteiger partial charge on any atom is -0.301 e. The van der Waals surface area contributed by atoms with Gasteiger partial charge in [0.15, 0.2) is 10.9 Å². The predicted octanol–water partition coefficient (Wildman–Crippen LogP) is 2.47. The van der Waals surface area contributed by atoms with Crippen LogP contribution >= 0.6 is 23.1 Å². The maximum atomic E-state index is 11.9. The number of carbonyl (C=O) groups is 1. The van der Waals surface area contributed by atoms with Crippen LogP contribution in [0.3, 0.4) is 0 Å². The van der Waals surface area contributed by atoms with Gasteiger partial charge in [0, 0.05) is 23.3 Å². The highest BCUT2D eigenvalue weighted by atomic mass is 32.2. The molecule has 0 saturated carbocycles. The highest BCUT2D eigenvalue weighted by Gasteiger charge is 2.09. The van der Waals surface area contributed by atoms with E-state index in [0.717, 1.165) is 16.4 Å². The van der Waals surface area contributed by atoms with Crippen molar-refractivity contribution in [2.24, 2.45) is 0 Å². The zero-order chi connectivity index (χ0) is 16.2. The molecule has 1 amide bonds. The Morgan fingerprint density at radius 2 is 2.17 bits per heavy atom. The second-order valence-electron chi connectivity index (χ2n) is 4.73. The largest absolute Gasteiger partial charge is 0.301 e. The summed E-state index contributed by atoms with van der Waals surface area (Å²) in [4.78, 5) is 24.3. The average molecular weight is 346 g/mol. The molecule has 7 nitrogen and oxygen atoms in total. The molecule has 0 aliphatic carbocycles. The maximum Gasteiger partial charge on any atom is 0.236 e. The number of aryl methyl sites for hydroxylation is 2. The molecule has 1 N–H and O–H groups in total. The van der Waals surface area contributed by atoms with Gasteiger partial charge in [0.1, 0.15) is 11.4 Å². The normalized spacial score (nSPS) is 10.7. The van der Waals surface area contributed by atoms with E-state index in [1.54, 1.807) is 10.9 Å². The monoisotopic (exact) mass is 346 g/mol. The number of hydrogen-bond acceptors (Lipinski definition) is 7. The fraction of sp³-hybridized carbons (Fsp3) is 0.214. The third kappa shape index (κ3) is 3.93. The van der Waals surface area contributed by atoms with E-state index in [1.807, 2.05) is 31.4 Å². The molecular formula is C14H14N6OS2. The second kappa shape index (κ2) is 6.88. The molecule has 9 heteroatoms. The van der Waals surface area contributed by atoms with Gasteiger partial charge >= 0.3 is 0 Å². The van der Waals surface area contributed by atoms with Crippen LogP contribution in [0.4, 0.5) is 5.13 Å². The molecule has 0 aromatic carbocycles. The molecule has 118 valence electrons. The first-order valence-electron chi connectivity index (χ1n) is 6.79. The van der Waals surface area contributed by atoms with Crippen molar-refractivity contribution in [1.82, 2.24) is 24.7 Å². The second-order valence-corrected chi connectivity index (χ2v) is 6.62.